The molecule has 0 bridgehead atoms. The molecule has 1 aliphatic heterocycles. The average Bonchev–Trinajstić information content (AvgIpc) is 3.65. The molecule has 0 N–H and O–H groups in total. The number of thiophene rings is 1. The van der Waals surface area contributed by atoms with E-state index in [1.807, 2.05) is 23.5 Å². The lowest BCUT2D eigenvalue weighted by molar-refractivity contribution is 0.577. The molecule has 3 aliphatic rings. The summed E-state index contributed by atoms with van der Waals surface area (Å²) in [5.41, 5.74) is 14.7. The Hall–Kier alpha value is -5.58. The molecule has 53 heavy (non-hydrogen) atoms. The fourth-order valence-electron chi connectivity index (χ4n) is 8.33. The molecule has 2 heterocycles. The molecule has 0 atom stereocenters. The van der Waals surface area contributed by atoms with Gasteiger partial charge in [-0.2, -0.15) is 0 Å². The van der Waals surface area contributed by atoms with Crippen LogP contribution in [0.15, 0.2) is 178 Å². The van der Waals surface area contributed by atoms with Gasteiger partial charge in [-0.3, -0.25) is 9.98 Å². The van der Waals surface area contributed by atoms with E-state index >= 15 is 0 Å². The van der Waals surface area contributed by atoms with Crippen LogP contribution in [0.3, 0.4) is 0 Å². The summed E-state index contributed by atoms with van der Waals surface area (Å²) in [5, 5.41) is 2.45. The van der Waals surface area contributed by atoms with Crippen LogP contribution in [0.2, 0.25) is 0 Å². The van der Waals surface area contributed by atoms with Crippen molar-refractivity contribution in [1.82, 2.24) is 0 Å². The lowest BCUT2D eigenvalue weighted by atomic mass is 9.80. The highest BCUT2D eigenvalue weighted by molar-refractivity contribution is 7.26. The van der Waals surface area contributed by atoms with Crippen LogP contribution < -0.4 is 4.90 Å². The minimum Gasteiger partial charge on any atom is -0.311 e. The van der Waals surface area contributed by atoms with Gasteiger partial charge in [0.05, 0.1) is 17.9 Å². The molecule has 0 saturated carbocycles. The summed E-state index contributed by atoms with van der Waals surface area (Å²) in [6.07, 6.45) is 18.7. The first-order chi connectivity index (χ1) is 25.8. The van der Waals surface area contributed by atoms with Crippen LogP contribution in [0.25, 0.3) is 20.2 Å². The number of nitrogens with zero attached hydrogens (tertiary/aromatic N) is 3. The van der Waals surface area contributed by atoms with Gasteiger partial charge in [0.25, 0.3) is 0 Å². The molecular formula is C49H45N3S. The zero-order valence-corrected chi connectivity index (χ0v) is 31.9. The van der Waals surface area contributed by atoms with Gasteiger partial charge in [-0.25, -0.2) is 0 Å². The number of fused-ring (bicyclic) bond motifs is 5. The van der Waals surface area contributed by atoms with Crippen molar-refractivity contribution in [2.45, 2.75) is 47.0 Å². The Kier molecular flexibility index (Phi) is 9.18. The van der Waals surface area contributed by atoms with Crippen molar-refractivity contribution in [3.8, 4) is 0 Å². The number of hydrogen-bond donors (Lipinski definition) is 0. The lowest BCUT2D eigenvalue weighted by Crippen LogP contribution is -2.19. The third-order valence-electron chi connectivity index (χ3n) is 11.0. The molecule has 2 aliphatic carbocycles. The van der Waals surface area contributed by atoms with Gasteiger partial charge in [-0.15, -0.1) is 11.3 Å². The molecule has 0 spiro atoms. The van der Waals surface area contributed by atoms with E-state index in [-0.39, 0.29) is 5.41 Å². The van der Waals surface area contributed by atoms with E-state index < -0.39 is 0 Å². The van der Waals surface area contributed by atoms with E-state index in [2.05, 4.69) is 160 Å². The third-order valence-corrected chi connectivity index (χ3v) is 12.2. The van der Waals surface area contributed by atoms with Crippen LogP contribution >= 0.6 is 11.3 Å². The van der Waals surface area contributed by atoms with Crippen molar-refractivity contribution >= 4 is 61.0 Å². The standard InChI is InChI=1S/C49H45N3S/c1-7-17-42-33(3)37-27-26-35-20-11-15-24-45(35)52(32(2)28-43(37)49(42,4)5)36-29-40-38-21-13-16-25-46(38)53-48(40)41(30-36)47(39-22-12-14-23-44(39)50-6)51-31-34-18-9-8-10-19-34/h7-9,11-18,20-25,27-30H,2,6,10,19,26,31H2,1,3-5H3/b17-7-,37-27-,43-28?,51-47?. The average molecular weight is 708 g/mol. The molecule has 0 unspecified atom stereocenters. The number of aliphatic imine (C=N–C) groups is 2. The Labute approximate surface area is 317 Å². The Morgan fingerprint density at radius 1 is 0.962 bits per heavy atom. The maximum Gasteiger partial charge on any atom is 0.0759 e. The van der Waals surface area contributed by atoms with Gasteiger partial charge in [0.15, 0.2) is 0 Å². The molecule has 4 heteroatoms. The monoisotopic (exact) mass is 707 g/mol. The molecule has 0 fully saturated rings. The Bertz CT molecular complexity index is 2540. The Balaban J connectivity index is 1.41. The van der Waals surface area contributed by atoms with E-state index in [0.29, 0.717) is 6.54 Å². The number of para-hydroxylation sites is 2. The summed E-state index contributed by atoms with van der Waals surface area (Å²) in [6.45, 7) is 18.5. The molecule has 1 aromatic heterocycles. The summed E-state index contributed by atoms with van der Waals surface area (Å²) in [6, 6.07) is 30.5. The predicted octanol–water partition coefficient (Wildman–Crippen LogP) is 13.5. The second kappa shape index (κ2) is 14.1. The van der Waals surface area contributed by atoms with Gasteiger partial charge in [0.1, 0.15) is 0 Å². The van der Waals surface area contributed by atoms with Crippen molar-refractivity contribution in [3.63, 3.8) is 0 Å². The largest absolute Gasteiger partial charge is 0.311 e. The molecule has 262 valence electrons. The van der Waals surface area contributed by atoms with Crippen molar-refractivity contribution in [1.29, 1.82) is 0 Å². The highest BCUT2D eigenvalue weighted by Crippen LogP contribution is 2.52. The molecule has 8 rings (SSSR count). The Morgan fingerprint density at radius 2 is 1.75 bits per heavy atom. The second-order valence-corrected chi connectivity index (χ2v) is 15.7. The van der Waals surface area contributed by atoms with Crippen LogP contribution in [0.5, 0.6) is 0 Å². The van der Waals surface area contributed by atoms with Crippen molar-refractivity contribution in [2.75, 3.05) is 11.4 Å². The van der Waals surface area contributed by atoms with Gasteiger partial charge in [0.2, 0.25) is 0 Å². The lowest BCUT2D eigenvalue weighted by Gasteiger charge is -2.30. The fraction of sp³-hybridized carbons (Fsp3) is 0.184. The van der Waals surface area contributed by atoms with E-state index in [1.54, 1.807) is 0 Å². The smallest absolute Gasteiger partial charge is 0.0759 e. The van der Waals surface area contributed by atoms with Crippen molar-refractivity contribution < 1.29 is 0 Å². The second-order valence-electron chi connectivity index (χ2n) is 14.6. The zero-order chi connectivity index (χ0) is 36.7. The summed E-state index contributed by atoms with van der Waals surface area (Å²) < 4.78 is 2.46. The van der Waals surface area contributed by atoms with E-state index in [0.717, 1.165) is 58.9 Å². The van der Waals surface area contributed by atoms with Crippen LogP contribution in [-0.4, -0.2) is 19.0 Å². The number of rotatable bonds is 7. The van der Waals surface area contributed by atoms with E-state index in [4.69, 9.17) is 11.6 Å². The van der Waals surface area contributed by atoms with Crippen LogP contribution in [0.4, 0.5) is 17.1 Å². The predicted molar refractivity (Wildman–Crippen MR) is 231 cm³/mol. The SMILES string of the molecule is C=Nc1ccccc1C(=NCC1=CC=CCC1)c1cc(N2C(=C)C=C3/C(=C\Cc4ccccc42)C(C)=C(/C=C\C)C3(C)C)cc2c1sc1ccccc12. The minimum absolute atomic E-state index is 0.170. The highest BCUT2D eigenvalue weighted by atomic mass is 32.1. The summed E-state index contributed by atoms with van der Waals surface area (Å²) in [5.74, 6) is 0. The third kappa shape index (κ3) is 6.11. The van der Waals surface area contributed by atoms with Crippen molar-refractivity contribution in [3.05, 3.63) is 184 Å². The van der Waals surface area contributed by atoms with Gasteiger partial charge in [-0.1, -0.05) is 111 Å². The normalized spacial score (nSPS) is 18.3. The van der Waals surface area contributed by atoms with Gasteiger partial charge >= 0.3 is 0 Å². The molecule has 4 aromatic carbocycles. The van der Waals surface area contributed by atoms with Crippen molar-refractivity contribution in [2.24, 2.45) is 15.4 Å². The quantitative estimate of drug-likeness (QED) is 0.155. The first kappa shape index (κ1) is 34.5. The number of hydrogen-bond acceptors (Lipinski definition) is 4. The molecule has 0 amide bonds. The topological polar surface area (TPSA) is 28.0 Å². The van der Waals surface area contributed by atoms with Crippen LogP contribution in [0.1, 0.15) is 57.2 Å². The van der Waals surface area contributed by atoms with Gasteiger partial charge in [-0.05, 0) is 110 Å². The molecule has 3 nitrogen and oxygen atoms in total. The summed E-state index contributed by atoms with van der Waals surface area (Å²) >= 11 is 1.83. The highest BCUT2D eigenvalue weighted by Gasteiger charge is 2.38. The molecule has 0 radical (unpaired) electrons. The van der Waals surface area contributed by atoms with E-state index in [9.17, 15) is 0 Å². The number of benzene rings is 4. The number of anilines is 2. The first-order valence-electron chi connectivity index (χ1n) is 18.5. The van der Waals surface area contributed by atoms with Gasteiger partial charge < -0.3 is 4.90 Å². The zero-order valence-electron chi connectivity index (χ0n) is 31.1. The maximum absolute atomic E-state index is 5.47. The van der Waals surface area contributed by atoms with Gasteiger partial charge in [0, 0.05) is 53.8 Å². The molecular weight excluding hydrogens is 663 g/mol. The van der Waals surface area contributed by atoms with Crippen LogP contribution in [0, 0.1) is 5.41 Å². The minimum atomic E-state index is -0.170. The maximum atomic E-state index is 5.47. The Morgan fingerprint density at radius 3 is 2.57 bits per heavy atom. The summed E-state index contributed by atoms with van der Waals surface area (Å²) in [4.78, 5) is 12.3. The number of allylic oxidation sites excluding steroid dienone is 11. The summed E-state index contributed by atoms with van der Waals surface area (Å²) in [7, 11) is 0. The molecule has 0 saturated heterocycles. The first-order valence-corrected chi connectivity index (χ1v) is 19.4. The van der Waals surface area contributed by atoms with E-state index in [1.165, 1.54) is 53.6 Å². The molecule has 5 aromatic rings. The van der Waals surface area contributed by atoms with Crippen LogP contribution in [-0.2, 0) is 6.42 Å². The fourth-order valence-corrected chi connectivity index (χ4v) is 9.53.